The molecule has 0 radical (unpaired) electrons. The standard InChI is InChI=1S/C14H26N2O3S3/c1-4-5-6-7-8-9-10-21-22-16(3)14(17)19-15-13-12(2)18-11-20-13/h12H,4-11H2,1-3H3. The number of amides is 1. The Morgan fingerprint density at radius 3 is 2.82 bits per heavy atom. The van der Waals surface area contributed by atoms with Gasteiger partial charge in [0.1, 0.15) is 11.1 Å². The Hall–Kier alpha value is -0.0500. The smallest absolute Gasteiger partial charge is 0.361 e. The van der Waals surface area contributed by atoms with Crippen LogP contribution in [0, 0.1) is 0 Å². The number of carbonyl (C=O) groups is 1. The van der Waals surface area contributed by atoms with E-state index in [4.69, 9.17) is 9.57 Å². The van der Waals surface area contributed by atoms with Crippen LogP contribution in [0.1, 0.15) is 52.4 Å². The number of hydrogen-bond acceptors (Lipinski definition) is 7. The van der Waals surface area contributed by atoms with Crippen molar-refractivity contribution in [2.75, 3.05) is 18.7 Å². The quantitative estimate of drug-likeness (QED) is 0.175. The Balaban J connectivity index is 2.04. The summed E-state index contributed by atoms with van der Waals surface area (Å²) in [6.45, 7) is 4.12. The molecular formula is C14H26N2O3S3. The second-order valence-corrected chi connectivity index (χ2v) is 8.46. The Kier molecular flexibility index (Phi) is 11.3. The Labute approximate surface area is 145 Å². The van der Waals surface area contributed by atoms with Gasteiger partial charge >= 0.3 is 6.09 Å². The van der Waals surface area contributed by atoms with Crippen LogP contribution in [0.3, 0.4) is 0 Å². The van der Waals surface area contributed by atoms with E-state index >= 15 is 0 Å². The zero-order chi connectivity index (χ0) is 16.2. The summed E-state index contributed by atoms with van der Waals surface area (Å²) in [6, 6.07) is 0. The van der Waals surface area contributed by atoms with Crippen LogP contribution in [0.4, 0.5) is 4.79 Å². The molecule has 0 spiro atoms. The molecule has 0 aliphatic carbocycles. The molecule has 1 amide bonds. The third-order valence-electron chi connectivity index (χ3n) is 3.09. The lowest BCUT2D eigenvalue weighted by atomic mass is 10.1. The number of oxime groups is 1. The van der Waals surface area contributed by atoms with Gasteiger partial charge in [-0.1, -0.05) is 66.7 Å². The number of nitrogens with zero attached hydrogens (tertiary/aromatic N) is 2. The fourth-order valence-electron chi connectivity index (χ4n) is 1.72. The third-order valence-corrected chi connectivity index (χ3v) is 6.47. The van der Waals surface area contributed by atoms with Crippen molar-refractivity contribution in [3.63, 3.8) is 0 Å². The zero-order valence-corrected chi connectivity index (χ0v) is 16.0. The van der Waals surface area contributed by atoms with Crippen LogP contribution in [0.2, 0.25) is 0 Å². The highest BCUT2D eigenvalue weighted by Gasteiger charge is 2.21. The van der Waals surface area contributed by atoms with Gasteiger partial charge in [-0.2, -0.15) is 0 Å². The molecule has 1 unspecified atom stereocenters. The second-order valence-electron chi connectivity index (χ2n) is 5.02. The molecule has 128 valence electrons. The number of ether oxygens (including phenoxy) is 1. The van der Waals surface area contributed by atoms with Crippen molar-refractivity contribution in [2.24, 2.45) is 5.16 Å². The van der Waals surface area contributed by atoms with E-state index in [1.165, 1.54) is 65.6 Å². The number of rotatable bonds is 10. The Bertz CT molecular complexity index is 356. The topological polar surface area (TPSA) is 51.1 Å². The molecule has 1 heterocycles. The van der Waals surface area contributed by atoms with Crippen LogP contribution in [0.25, 0.3) is 0 Å². The van der Waals surface area contributed by atoms with E-state index < -0.39 is 6.09 Å². The van der Waals surface area contributed by atoms with Gasteiger partial charge in [0.05, 0.1) is 5.94 Å². The molecule has 0 N–H and O–H groups in total. The number of carbonyl (C=O) groups excluding carboxylic acids is 1. The van der Waals surface area contributed by atoms with Crippen molar-refractivity contribution in [2.45, 2.75) is 58.5 Å². The third kappa shape index (κ3) is 8.55. The summed E-state index contributed by atoms with van der Waals surface area (Å²) >= 11 is 1.46. The summed E-state index contributed by atoms with van der Waals surface area (Å²) in [5, 5.41) is 4.57. The largest absolute Gasteiger partial charge is 0.446 e. The molecule has 0 aromatic heterocycles. The zero-order valence-electron chi connectivity index (χ0n) is 13.6. The first-order valence-electron chi connectivity index (χ1n) is 7.71. The molecule has 5 nitrogen and oxygen atoms in total. The molecule has 0 aromatic carbocycles. The first kappa shape index (κ1) is 20.0. The van der Waals surface area contributed by atoms with Crippen molar-refractivity contribution in [3.05, 3.63) is 0 Å². The van der Waals surface area contributed by atoms with Gasteiger partial charge in [-0.25, -0.2) is 9.10 Å². The van der Waals surface area contributed by atoms with Crippen molar-refractivity contribution in [1.82, 2.24) is 4.31 Å². The second kappa shape index (κ2) is 12.4. The summed E-state index contributed by atoms with van der Waals surface area (Å²) < 4.78 is 6.77. The fraction of sp³-hybridized carbons (Fsp3) is 0.857. The summed E-state index contributed by atoms with van der Waals surface area (Å²) in [7, 11) is 4.78. The monoisotopic (exact) mass is 366 g/mol. The van der Waals surface area contributed by atoms with E-state index in [9.17, 15) is 4.79 Å². The van der Waals surface area contributed by atoms with Crippen LogP contribution in [-0.2, 0) is 9.57 Å². The average molecular weight is 367 g/mol. The lowest BCUT2D eigenvalue weighted by Crippen LogP contribution is -2.19. The normalized spacial score (nSPS) is 19.6. The molecule has 1 fully saturated rings. The molecule has 1 aliphatic heterocycles. The van der Waals surface area contributed by atoms with E-state index in [2.05, 4.69) is 12.1 Å². The highest BCUT2D eigenvalue weighted by molar-refractivity contribution is 8.75. The van der Waals surface area contributed by atoms with E-state index in [1.54, 1.807) is 17.8 Å². The molecule has 0 saturated carbocycles. The van der Waals surface area contributed by atoms with Gasteiger partial charge in [-0.3, -0.25) is 4.84 Å². The molecule has 1 rings (SSSR count). The van der Waals surface area contributed by atoms with Gasteiger partial charge in [0.15, 0.2) is 0 Å². The van der Waals surface area contributed by atoms with Crippen molar-refractivity contribution in [3.8, 4) is 0 Å². The van der Waals surface area contributed by atoms with E-state index in [0.29, 0.717) is 11.0 Å². The Morgan fingerprint density at radius 2 is 2.14 bits per heavy atom. The lowest BCUT2D eigenvalue weighted by molar-refractivity contribution is 0.132. The fourth-order valence-corrected chi connectivity index (χ4v) is 4.38. The molecule has 1 atom stereocenters. The van der Waals surface area contributed by atoms with Gasteiger partial charge in [-0.05, 0) is 13.3 Å². The molecule has 1 saturated heterocycles. The van der Waals surface area contributed by atoms with Crippen LogP contribution in [0.15, 0.2) is 5.16 Å². The minimum atomic E-state index is -0.451. The van der Waals surface area contributed by atoms with Gasteiger partial charge < -0.3 is 4.74 Å². The van der Waals surface area contributed by atoms with Crippen LogP contribution in [0.5, 0.6) is 0 Å². The van der Waals surface area contributed by atoms with Crippen molar-refractivity contribution >= 4 is 44.7 Å². The summed E-state index contributed by atoms with van der Waals surface area (Å²) in [6.07, 6.45) is 7.19. The molecular weight excluding hydrogens is 340 g/mol. The van der Waals surface area contributed by atoms with Crippen molar-refractivity contribution < 1.29 is 14.4 Å². The molecule has 1 aliphatic rings. The highest BCUT2D eigenvalue weighted by Crippen LogP contribution is 2.27. The van der Waals surface area contributed by atoms with E-state index in [-0.39, 0.29) is 6.10 Å². The van der Waals surface area contributed by atoms with Gasteiger partial charge in [0.25, 0.3) is 0 Å². The molecule has 22 heavy (non-hydrogen) atoms. The SMILES string of the molecule is CCCCCCCCSSN(C)C(=O)ON=C1SCOC1C. The van der Waals surface area contributed by atoms with Crippen molar-refractivity contribution in [1.29, 1.82) is 0 Å². The van der Waals surface area contributed by atoms with Crippen LogP contribution < -0.4 is 0 Å². The first-order valence-corrected chi connectivity index (χ1v) is 11.0. The molecule has 0 aromatic rings. The maximum atomic E-state index is 11.8. The predicted molar refractivity (Wildman–Crippen MR) is 98.1 cm³/mol. The minimum absolute atomic E-state index is 0.0853. The summed E-state index contributed by atoms with van der Waals surface area (Å²) in [5.74, 6) is 1.61. The molecule has 8 heteroatoms. The first-order chi connectivity index (χ1) is 10.6. The van der Waals surface area contributed by atoms with Gasteiger partial charge in [0, 0.05) is 23.8 Å². The predicted octanol–water partition coefficient (Wildman–Crippen LogP) is 5.13. The number of thioether (sulfide) groups is 1. The van der Waals surface area contributed by atoms with Crippen LogP contribution >= 0.6 is 33.5 Å². The maximum Gasteiger partial charge on any atom is 0.446 e. The summed E-state index contributed by atoms with van der Waals surface area (Å²) in [4.78, 5) is 16.7. The average Bonchev–Trinajstić information content (AvgIpc) is 2.92. The number of hydrogen-bond donors (Lipinski definition) is 0. The van der Waals surface area contributed by atoms with Gasteiger partial charge in [0.2, 0.25) is 0 Å². The van der Waals surface area contributed by atoms with E-state index in [1.807, 2.05) is 6.92 Å². The molecule has 0 bridgehead atoms. The van der Waals surface area contributed by atoms with E-state index in [0.717, 1.165) is 5.75 Å². The lowest BCUT2D eigenvalue weighted by Gasteiger charge is -2.12. The summed E-state index contributed by atoms with van der Waals surface area (Å²) in [5.41, 5.74) is 0. The van der Waals surface area contributed by atoms with Crippen LogP contribution in [-0.4, -0.2) is 40.3 Å². The Morgan fingerprint density at radius 1 is 1.41 bits per heavy atom. The minimum Gasteiger partial charge on any atom is -0.361 e. The van der Waals surface area contributed by atoms with Gasteiger partial charge in [-0.15, -0.1) is 0 Å². The highest BCUT2D eigenvalue weighted by atomic mass is 33.1. The number of unbranched alkanes of at least 4 members (excludes halogenated alkanes) is 5. The maximum absolute atomic E-state index is 11.8.